The van der Waals surface area contributed by atoms with E-state index in [1.165, 1.54) is 24.5 Å². The fourth-order valence-electron chi connectivity index (χ4n) is 2.44. The number of furan rings is 1. The van der Waals surface area contributed by atoms with Crippen LogP contribution in [-0.4, -0.2) is 53.3 Å². The van der Waals surface area contributed by atoms with Crippen molar-refractivity contribution in [1.29, 1.82) is 0 Å². The fourth-order valence-corrected chi connectivity index (χ4v) is 2.44. The highest BCUT2D eigenvalue weighted by Gasteiger charge is 2.25. The van der Waals surface area contributed by atoms with Crippen LogP contribution in [0.3, 0.4) is 0 Å². The lowest BCUT2D eigenvalue weighted by molar-refractivity contribution is -0.133. The Morgan fingerprint density at radius 2 is 1.77 bits per heavy atom. The van der Waals surface area contributed by atoms with Crippen LogP contribution in [0.4, 0.5) is 0 Å². The second-order valence-corrected chi connectivity index (χ2v) is 6.75. The summed E-state index contributed by atoms with van der Waals surface area (Å²) >= 11 is 0. The second kappa shape index (κ2) is 10.8. The van der Waals surface area contributed by atoms with Crippen molar-refractivity contribution in [2.24, 2.45) is 0 Å². The number of rotatable bonds is 6. The number of benzene rings is 1. The Bertz CT molecular complexity index is 1000. The highest BCUT2D eigenvalue weighted by molar-refractivity contribution is 5.97. The molecule has 8 heteroatoms. The number of amides is 2. The Hall–Kier alpha value is -3.56. The van der Waals surface area contributed by atoms with Crippen molar-refractivity contribution in [3.8, 4) is 23.7 Å². The number of carbonyl (C=O) groups excluding carboxylic acids is 2. The predicted octanol–water partition coefficient (Wildman–Crippen LogP) is 0.729. The van der Waals surface area contributed by atoms with Gasteiger partial charge in [-0.3, -0.25) is 14.8 Å². The van der Waals surface area contributed by atoms with Crippen LogP contribution in [0.2, 0.25) is 0 Å². The quantitative estimate of drug-likeness (QED) is 0.318. The van der Waals surface area contributed by atoms with Crippen LogP contribution in [0.15, 0.2) is 40.8 Å². The van der Waals surface area contributed by atoms with E-state index < -0.39 is 24.0 Å². The number of aliphatic hydroxyl groups is 1. The standard InChI is InChI=1S/C22H23N3O5/c1-15(26)20(22(28)24-29)23-21(27)17-10-8-16(9-11-17)6-4-5-7-18-12-13-19(30-18)14-25(2)3/h8-13,15,20,26,29H,14H2,1-3H3,(H,23,27)(H,24,28). The average Bonchev–Trinajstić information content (AvgIpc) is 3.15. The molecule has 1 aromatic carbocycles. The summed E-state index contributed by atoms with van der Waals surface area (Å²) < 4.78 is 5.57. The van der Waals surface area contributed by atoms with Gasteiger partial charge in [-0.25, -0.2) is 5.48 Å². The van der Waals surface area contributed by atoms with Gasteiger partial charge in [-0.2, -0.15) is 0 Å². The minimum absolute atomic E-state index is 0.270. The van der Waals surface area contributed by atoms with Crippen LogP contribution in [0.5, 0.6) is 0 Å². The van der Waals surface area contributed by atoms with Gasteiger partial charge < -0.3 is 19.7 Å². The maximum atomic E-state index is 12.2. The molecule has 0 saturated heterocycles. The normalized spacial score (nSPS) is 12.1. The van der Waals surface area contributed by atoms with Crippen LogP contribution in [0.25, 0.3) is 0 Å². The molecule has 0 aliphatic carbocycles. The minimum atomic E-state index is -1.28. The summed E-state index contributed by atoms with van der Waals surface area (Å²) in [6.45, 7) is 2.02. The van der Waals surface area contributed by atoms with Crippen LogP contribution < -0.4 is 10.8 Å². The smallest absolute Gasteiger partial charge is 0.268 e. The van der Waals surface area contributed by atoms with Crippen molar-refractivity contribution in [3.05, 3.63) is 59.0 Å². The molecule has 30 heavy (non-hydrogen) atoms. The fraction of sp³-hybridized carbons (Fsp3) is 0.273. The van der Waals surface area contributed by atoms with Gasteiger partial charge in [-0.15, -0.1) is 0 Å². The minimum Gasteiger partial charge on any atom is -0.451 e. The Labute approximate surface area is 174 Å². The maximum Gasteiger partial charge on any atom is 0.268 e. The number of hydrogen-bond acceptors (Lipinski definition) is 6. The van der Waals surface area contributed by atoms with Gasteiger partial charge in [0, 0.05) is 11.1 Å². The van der Waals surface area contributed by atoms with E-state index in [4.69, 9.17) is 9.62 Å². The monoisotopic (exact) mass is 409 g/mol. The molecule has 0 aliphatic heterocycles. The summed E-state index contributed by atoms with van der Waals surface area (Å²) in [6.07, 6.45) is -1.18. The topological polar surface area (TPSA) is 115 Å². The molecule has 0 saturated carbocycles. The number of hydrogen-bond donors (Lipinski definition) is 4. The zero-order chi connectivity index (χ0) is 22.1. The Balaban J connectivity index is 1.99. The van der Waals surface area contributed by atoms with E-state index in [-0.39, 0.29) is 5.56 Å². The molecule has 0 spiro atoms. The summed E-state index contributed by atoms with van der Waals surface area (Å²) in [5, 5.41) is 20.6. The first-order valence-electron chi connectivity index (χ1n) is 9.08. The van der Waals surface area contributed by atoms with Crippen molar-refractivity contribution in [1.82, 2.24) is 15.7 Å². The molecule has 0 radical (unpaired) electrons. The number of nitrogens with one attached hydrogen (secondary N) is 2. The maximum absolute atomic E-state index is 12.2. The zero-order valence-electron chi connectivity index (χ0n) is 16.9. The van der Waals surface area contributed by atoms with Gasteiger partial charge in [0.15, 0.2) is 5.76 Å². The van der Waals surface area contributed by atoms with Crippen molar-refractivity contribution in [3.63, 3.8) is 0 Å². The Kier molecular flexibility index (Phi) is 8.21. The Morgan fingerprint density at radius 1 is 1.10 bits per heavy atom. The summed E-state index contributed by atoms with van der Waals surface area (Å²) in [5.41, 5.74) is 2.33. The van der Waals surface area contributed by atoms with Crippen molar-refractivity contribution >= 4 is 11.8 Å². The molecule has 8 nitrogen and oxygen atoms in total. The van der Waals surface area contributed by atoms with Gasteiger partial charge in [0.25, 0.3) is 11.8 Å². The van der Waals surface area contributed by atoms with E-state index in [1.807, 2.05) is 25.1 Å². The van der Waals surface area contributed by atoms with Gasteiger partial charge in [0.1, 0.15) is 11.8 Å². The molecule has 1 aromatic heterocycles. The molecule has 2 amide bonds. The largest absolute Gasteiger partial charge is 0.451 e. The molecule has 0 aliphatic rings. The van der Waals surface area contributed by atoms with Crippen molar-refractivity contribution in [2.45, 2.75) is 25.6 Å². The molecule has 0 bridgehead atoms. The lowest BCUT2D eigenvalue weighted by Crippen LogP contribution is -2.51. The van der Waals surface area contributed by atoms with E-state index in [0.717, 1.165) is 5.76 Å². The molecule has 156 valence electrons. The van der Waals surface area contributed by atoms with Crippen LogP contribution in [0, 0.1) is 23.7 Å². The van der Waals surface area contributed by atoms with Gasteiger partial charge >= 0.3 is 0 Å². The number of carbonyl (C=O) groups is 2. The molecule has 4 N–H and O–H groups in total. The number of aliphatic hydroxyl groups excluding tert-OH is 1. The summed E-state index contributed by atoms with van der Waals surface area (Å²) in [6, 6.07) is 8.71. The molecule has 1 heterocycles. The SMILES string of the molecule is CC(O)C(NC(=O)c1ccc(C#CC#Cc2ccc(CN(C)C)o2)cc1)C(=O)NO. The summed E-state index contributed by atoms with van der Waals surface area (Å²) in [4.78, 5) is 25.7. The molecule has 2 unspecified atom stereocenters. The molecule has 2 atom stereocenters. The van der Waals surface area contributed by atoms with E-state index in [9.17, 15) is 14.7 Å². The molecular formula is C22H23N3O5. The van der Waals surface area contributed by atoms with Gasteiger partial charge in [0.2, 0.25) is 0 Å². The first-order chi connectivity index (χ1) is 14.3. The molecule has 0 fully saturated rings. The third-order valence-electron chi connectivity index (χ3n) is 3.90. The third-order valence-corrected chi connectivity index (χ3v) is 3.90. The third kappa shape index (κ3) is 6.80. The first kappa shape index (κ1) is 22.7. The second-order valence-electron chi connectivity index (χ2n) is 6.75. The highest BCUT2D eigenvalue weighted by atomic mass is 16.5. The Morgan fingerprint density at radius 3 is 2.37 bits per heavy atom. The highest BCUT2D eigenvalue weighted by Crippen LogP contribution is 2.08. The number of nitrogens with zero attached hydrogens (tertiary/aromatic N) is 1. The average molecular weight is 409 g/mol. The van der Waals surface area contributed by atoms with Crippen molar-refractivity contribution in [2.75, 3.05) is 14.1 Å². The van der Waals surface area contributed by atoms with E-state index in [2.05, 4.69) is 29.0 Å². The molecular weight excluding hydrogens is 386 g/mol. The van der Waals surface area contributed by atoms with E-state index in [1.54, 1.807) is 18.2 Å². The summed E-state index contributed by atoms with van der Waals surface area (Å²) in [7, 11) is 3.90. The number of hydroxylamine groups is 1. The lowest BCUT2D eigenvalue weighted by atomic mass is 10.1. The van der Waals surface area contributed by atoms with Gasteiger partial charge in [-0.1, -0.05) is 5.92 Å². The van der Waals surface area contributed by atoms with Crippen LogP contribution >= 0.6 is 0 Å². The van der Waals surface area contributed by atoms with E-state index >= 15 is 0 Å². The van der Waals surface area contributed by atoms with Crippen LogP contribution in [-0.2, 0) is 11.3 Å². The van der Waals surface area contributed by atoms with E-state index in [0.29, 0.717) is 17.9 Å². The molecule has 2 rings (SSSR count). The van der Waals surface area contributed by atoms with Gasteiger partial charge in [0.05, 0.1) is 12.6 Å². The predicted molar refractivity (Wildman–Crippen MR) is 109 cm³/mol. The van der Waals surface area contributed by atoms with Crippen molar-refractivity contribution < 1.29 is 24.3 Å². The molecule has 2 aromatic rings. The van der Waals surface area contributed by atoms with Crippen LogP contribution in [0.1, 0.15) is 34.4 Å². The van der Waals surface area contributed by atoms with Gasteiger partial charge in [-0.05, 0) is 75.2 Å². The zero-order valence-corrected chi connectivity index (χ0v) is 16.9. The lowest BCUT2D eigenvalue weighted by Gasteiger charge is -2.19. The summed E-state index contributed by atoms with van der Waals surface area (Å²) in [5.74, 6) is 11.0. The first-order valence-corrected chi connectivity index (χ1v) is 9.08.